The molecule has 24 heavy (non-hydrogen) atoms. The maximum absolute atomic E-state index is 9.57. The van der Waals surface area contributed by atoms with Crippen LogP contribution in [0.2, 0.25) is 0 Å². The number of fused-ring (bicyclic) bond motifs is 1. The molecule has 0 aliphatic carbocycles. The van der Waals surface area contributed by atoms with Gasteiger partial charge in [0, 0.05) is 23.2 Å². The topological polar surface area (TPSA) is 76.7 Å². The maximum atomic E-state index is 9.57. The summed E-state index contributed by atoms with van der Waals surface area (Å²) in [5, 5.41) is 15.9. The number of thiazole rings is 1. The number of hydrogen-bond donors (Lipinski definition) is 0. The molecule has 1 aliphatic rings. The monoisotopic (exact) mass is 343 g/mol. The van der Waals surface area contributed by atoms with E-state index in [-0.39, 0.29) is 0 Å². The molecule has 2 heterocycles. The molecule has 0 saturated carbocycles. The smallest absolute Gasteiger partial charge is 0.278 e. The quantitative estimate of drug-likeness (QED) is 0.611. The van der Waals surface area contributed by atoms with Gasteiger partial charge >= 0.3 is 0 Å². The highest BCUT2D eigenvalue weighted by molar-refractivity contribution is 7.11. The fourth-order valence-corrected chi connectivity index (χ4v) is 2.89. The summed E-state index contributed by atoms with van der Waals surface area (Å²) < 4.78 is 11.7. The van der Waals surface area contributed by atoms with Crippen LogP contribution >= 0.6 is 11.3 Å². The van der Waals surface area contributed by atoms with Gasteiger partial charge in [-0.1, -0.05) is 16.5 Å². The maximum Gasteiger partial charge on any atom is 0.278 e. The predicted molar refractivity (Wildman–Crippen MR) is 91.2 cm³/mol. The summed E-state index contributed by atoms with van der Waals surface area (Å²) >= 11 is 1.40. The lowest BCUT2D eigenvalue weighted by Crippen LogP contribution is -2.02. The van der Waals surface area contributed by atoms with Crippen LogP contribution < -0.4 is 14.3 Å². The summed E-state index contributed by atoms with van der Waals surface area (Å²) in [7, 11) is 0. The van der Waals surface area contributed by atoms with Gasteiger partial charge in [0.1, 0.15) is 23.1 Å². The van der Waals surface area contributed by atoms with Crippen molar-refractivity contribution >= 4 is 17.0 Å². The van der Waals surface area contributed by atoms with Gasteiger partial charge in [-0.2, -0.15) is 5.26 Å². The predicted octanol–water partition coefficient (Wildman–Crippen LogP) is 4.30. The summed E-state index contributed by atoms with van der Waals surface area (Å²) in [6, 6.07) is 3.87. The van der Waals surface area contributed by atoms with Crippen molar-refractivity contribution in [3.8, 4) is 28.5 Å². The van der Waals surface area contributed by atoms with Crippen molar-refractivity contribution in [2.75, 3.05) is 6.61 Å². The lowest BCUT2D eigenvalue weighted by atomic mass is 10.0. The van der Waals surface area contributed by atoms with E-state index in [9.17, 15) is 5.26 Å². The van der Waals surface area contributed by atoms with E-state index in [0.29, 0.717) is 34.6 Å². The van der Waals surface area contributed by atoms with Gasteiger partial charge in [0.25, 0.3) is 5.19 Å². The molecule has 0 fully saturated rings. The van der Waals surface area contributed by atoms with Gasteiger partial charge in [0.15, 0.2) is 5.75 Å². The average Bonchev–Trinajstić information content (AvgIpc) is 2.95. The average molecular weight is 343 g/mol. The summed E-state index contributed by atoms with van der Waals surface area (Å²) in [5.41, 5.74) is 1.98. The molecule has 1 aromatic heterocycles. The lowest BCUT2D eigenvalue weighted by molar-refractivity contribution is 0.305. The van der Waals surface area contributed by atoms with Crippen LogP contribution in [0, 0.1) is 11.3 Å². The zero-order valence-electron chi connectivity index (χ0n) is 13.5. The number of rotatable bonds is 4. The van der Waals surface area contributed by atoms with Gasteiger partial charge in [-0.15, -0.1) is 0 Å². The molecule has 0 saturated heterocycles. The number of ether oxygens (including phenoxy) is 2. The van der Waals surface area contributed by atoms with Gasteiger partial charge in [0.2, 0.25) is 0 Å². The molecule has 7 heteroatoms. The van der Waals surface area contributed by atoms with Crippen molar-refractivity contribution in [2.45, 2.75) is 33.1 Å². The minimum Gasteiger partial charge on any atom is -0.492 e. The molecule has 0 bridgehead atoms. The SMILES string of the molecule is CC(C)=NOc1cc(Oc2nccs2)c2c(c1C#N)OCCCC2. The first-order chi connectivity index (χ1) is 11.7. The highest BCUT2D eigenvalue weighted by atomic mass is 32.1. The van der Waals surface area contributed by atoms with E-state index in [1.54, 1.807) is 12.3 Å². The van der Waals surface area contributed by atoms with E-state index >= 15 is 0 Å². The molecule has 0 spiro atoms. The van der Waals surface area contributed by atoms with Crippen LogP contribution in [-0.2, 0) is 6.42 Å². The first kappa shape index (κ1) is 16.3. The van der Waals surface area contributed by atoms with Crippen molar-refractivity contribution in [3.05, 3.63) is 28.8 Å². The summed E-state index contributed by atoms with van der Waals surface area (Å²) in [6.07, 6.45) is 4.36. The van der Waals surface area contributed by atoms with Crippen molar-refractivity contribution in [3.63, 3.8) is 0 Å². The van der Waals surface area contributed by atoms with Gasteiger partial charge in [-0.3, -0.25) is 0 Å². The third kappa shape index (κ3) is 3.49. The van der Waals surface area contributed by atoms with Crippen LogP contribution in [-0.4, -0.2) is 17.3 Å². The van der Waals surface area contributed by atoms with Crippen LogP contribution in [0.5, 0.6) is 22.4 Å². The molecular weight excluding hydrogens is 326 g/mol. The summed E-state index contributed by atoms with van der Waals surface area (Å²) in [4.78, 5) is 9.60. The molecule has 1 aromatic carbocycles. The highest BCUT2D eigenvalue weighted by Crippen LogP contribution is 2.43. The minimum atomic E-state index is 0.325. The van der Waals surface area contributed by atoms with Crippen molar-refractivity contribution in [1.29, 1.82) is 5.26 Å². The second-order valence-electron chi connectivity index (χ2n) is 5.50. The zero-order valence-corrected chi connectivity index (χ0v) is 14.4. The molecule has 0 unspecified atom stereocenters. The molecule has 0 atom stereocenters. The lowest BCUT2D eigenvalue weighted by Gasteiger charge is -2.15. The van der Waals surface area contributed by atoms with Gasteiger partial charge in [-0.25, -0.2) is 4.98 Å². The highest BCUT2D eigenvalue weighted by Gasteiger charge is 2.24. The molecule has 124 valence electrons. The number of benzene rings is 1. The van der Waals surface area contributed by atoms with Crippen molar-refractivity contribution in [1.82, 2.24) is 4.98 Å². The fourth-order valence-electron chi connectivity index (χ4n) is 2.39. The van der Waals surface area contributed by atoms with E-state index in [4.69, 9.17) is 14.3 Å². The summed E-state index contributed by atoms with van der Waals surface area (Å²) in [6.45, 7) is 4.20. The van der Waals surface area contributed by atoms with Gasteiger partial charge < -0.3 is 14.3 Å². The number of nitriles is 1. The van der Waals surface area contributed by atoms with E-state index < -0.39 is 0 Å². The second kappa shape index (κ2) is 7.32. The molecule has 0 amide bonds. The largest absolute Gasteiger partial charge is 0.492 e. The van der Waals surface area contributed by atoms with Crippen molar-refractivity contribution < 1.29 is 14.3 Å². The van der Waals surface area contributed by atoms with Crippen LogP contribution in [0.25, 0.3) is 0 Å². The van der Waals surface area contributed by atoms with Crippen molar-refractivity contribution in [2.24, 2.45) is 5.16 Å². The molecule has 1 aliphatic heterocycles. The fraction of sp³-hybridized carbons (Fsp3) is 0.353. The number of hydrogen-bond acceptors (Lipinski definition) is 7. The minimum absolute atomic E-state index is 0.325. The van der Waals surface area contributed by atoms with Gasteiger partial charge in [-0.05, 0) is 33.1 Å². The third-order valence-electron chi connectivity index (χ3n) is 3.42. The zero-order chi connectivity index (χ0) is 16.9. The Morgan fingerprint density at radius 3 is 2.96 bits per heavy atom. The number of nitrogens with zero attached hydrogens (tertiary/aromatic N) is 3. The Bertz CT molecular complexity index is 790. The Balaban J connectivity index is 2.10. The van der Waals surface area contributed by atoms with E-state index in [0.717, 1.165) is 30.5 Å². The molecule has 3 rings (SSSR count). The van der Waals surface area contributed by atoms with Crippen LogP contribution in [0.3, 0.4) is 0 Å². The van der Waals surface area contributed by atoms with Gasteiger partial charge in [0.05, 0.1) is 12.3 Å². The Labute approximate surface area is 144 Å². The Morgan fingerprint density at radius 1 is 1.38 bits per heavy atom. The number of oxime groups is 1. The molecule has 2 aromatic rings. The Morgan fingerprint density at radius 2 is 2.25 bits per heavy atom. The van der Waals surface area contributed by atoms with Crippen LogP contribution in [0.15, 0.2) is 22.8 Å². The first-order valence-corrected chi connectivity index (χ1v) is 8.55. The molecule has 0 radical (unpaired) electrons. The van der Waals surface area contributed by atoms with Crippen LogP contribution in [0.1, 0.15) is 37.8 Å². The molecular formula is C17H17N3O3S. The van der Waals surface area contributed by atoms with Crippen LogP contribution in [0.4, 0.5) is 0 Å². The molecule has 6 nitrogen and oxygen atoms in total. The third-order valence-corrected chi connectivity index (χ3v) is 4.07. The Hall–Kier alpha value is -2.59. The van der Waals surface area contributed by atoms with E-state index in [2.05, 4.69) is 16.2 Å². The summed E-state index contributed by atoms with van der Waals surface area (Å²) in [5.74, 6) is 1.45. The first-order valence-electron chi connectivity index (χ1n) is 7.67. The van der Waals surface area contributed by atoms with E-state index in [1.807, 2.05) is 19.2 Å². The molecule has 0 N–H and O–H groups in total. The second-order valence-corrected chi connectivity index (χ2v) is 6.36. The standard InChI is InChI=1S/C17H17N3O3S/c1-11(2)20-23-15-9-14(22-17-19-6-8-24-17)12-5-3-4-7-21-16(12)13(15)10-18/h6,8-9H,3-5,7H2,1-2H3. The normalized spacial score (nSPS) is 13.0. The van der Waals surface area contributed by atoms with E-state index in [1.165, 1.54) is 11.3 Å². The number of aromatic nitrogens is 1. The Kier molecular flexibility index (Phi) is 4.96.